The summed E-state index contributed by atoms with van der Waals surface area (Å²) in [7, 11) is 0. The maximum atomic E-state index is 9.33. The Labute approximate surface area is 97.3 Å². The Morgan fingerprint density at radius 3 is 3.07 bits per heavy atom. The zero-order valence-corrected chi connectivity index (χ0v) is 9.89. The molecule has 1 aliphatic carbocycles. The van der Waals surface area contributed by atoms with Crippen LogP contribution in [-0.2, 0) is 0 Å². The third-order valence-electron chi connectivity index (χ3n) is 3.41. The number of aliphatic hydroxyl groups excluding tert-OH is 1. The van der Waals surface area contributed by atoms with E-state index in [2.05, 4.69) is 31.9 Å². The number of hydrogen-bond acceptors (Lipinski definition) is 3. The fourth-order valence-corrected chi connectivity index (χ4v) is 3.02. The van der Waals surface area contributed by atoms with Gasteiger partial charge in [0.25, 0.3) is 0 Å². The van der Waals surface area contributed by atoms with Gasteiger partial charge in [0.05, 0.1) is 24.5 Å². The average molecular weight is 269 g/mol. The van der Waals surface area contributed by atoms with E-state index in [1.54, 1.807) is 6.20 Å². The van der Waals surface area contributed by atoms with Gasteiger partial charge in [-0.1, -0.05) is 0 Å². The molecule has 0 bridgehead atoms. The molecule has 3 unspecified atom stereocenters. The highest BCUT2D eigenvalue weighted by molar-refractivity contribution is 9.10. The summed E-state index contributed by atoms with van der Waals surface area (Å²) < 4.78 is 1.00. The Hall–Kier alpha value is -0.610. The van der Waals surface area contributed by atoms with Crippen molar-refractivity contribution >= 4 is 21.6 Å². The SMILES string of the molecule is OCC1CC2CC2N1c1cncc(Br)c1. The summed E-state index contributed by atoms with van der Waals surface area (Å²) in [4.78, 5) is 6.52. The largest absolute Gasteiger partial charge is 0.394 e. The number of aromatic nitrogens is 1. The summed E-state index contributed by atoms with van der Waals surface area (Å²) in [6.07, 6.45) is 6.09. The lowest BCUT2D eigenvalue weighted by molar-refractivity contribution is 0.259. The minimum absolute atomic E-state index is 0.250. The van der Waals surface area contributed by atoms with Crippen LogP contribution >= 0.6 is 15.9 Å². The van der Waals surface area contributed by atoms with Crippen LogP contribution in [0.1, 0.15) is 12.8 Å². The highest BCUT2D eigenvalue weighted by Gasteiger charge is 2.51. The predicted molar refractivity (Wildman–Crippen MR) is 61.8 cm³/mol. The molecule has 80 valence electrons. The molecule has 1 aromatic rings. The Balaban J connectivity index is 1.92. The van der Waals surface area contributed by atoms with E-state index in [-0.39, 0.29) is 6.61 Å². The van der Waals surface area contributed by atoms with Gasteiger partial charge in [-0.15, -0.1) is 0 Å². The van der Waals surface area contributed by atoms with Crippen LogP contribution in [0.25, 0.3) is 0 Å². The second-order valence-electron chi connectivity index (χ2n) is 4.40. The lowest BCUT2D eigenvalue weighted by Gasteiger charge is -2.28. The first kappa shape index (κ1) is 9.60. The first-order valence-corrected chi connectivity index (χ1v) is 6.08. The maximum Gasteiger partial charge on any atom is 0.0635 e. The van der Waals surface area contributed by atoms with Crippen molar-refractivity contribution in [2.45, 2.75) is 24.9 Å². The van der Waals surface area contributed by atoms with Gasteiger partial charge in [-0.05, 0) is 40.8 Å². The minimum Gasteiger partial charge on any atom is -0.394 e. The van der Waals surface area contributed by atoms with Gasteiger partial charge in [-0.3, -0.25) is 4.98 Å². The van der Waals surface area contributed by atoms with Crippen molar-refractivity contribution in [3.8, 4) is 0 Å². The van der Waals surface area contributed by atoms with Crippen LogP contribution in [0, 0.1) is 5.92 Å². The Morgan fingerprint density at radius 1 is 1.47 bits per heavy atom. The molecule has 0 radical (unpaired) electrons. The molecule has 1 saturated carbocycles. The van der Waals surface area contributed by atoms with E-state index >= 15 is 0 Å². The zero-order valence-electron chi connectivity index (χ0n) is 8.31. The summed E-state index contributed by atoms with van der Waals surface area (Å²) in [5, 5.41) is 9.33. The van der Waals surface area contributed by atoms with Crippen molar-refractivity contribution in [3.05, 3.63) is 22.9 Å². The van der Waals surface area contributed by atoms with E-state index in [9.17, 15) is 5.11 Å². The Morgan fingerprint density at radius 2 is 2.33 bits per heavy atom. The number of anilines is 1. The third kappa shape index (κ3) is 1.56. The van der Waals surface area contributed by atoms with Crippen LogP contribution in [0.15, 0.2) is 22.9 Å². The van der Waals surface area contributed by atoms with Crippen LogP contribution in [0.4, 0.5) is 5.69 Å². The van der Waals surface area contributed by atoms with Crippen LogP contribution < -0.4 is 4.90 Å². The molecule has 3 rings (SSSR count). The van der Waals surface area contributed by atoms with Crippen LogP contribution in [-0.4, -0.2) is 28.8 Å². The molecule has 2 heterocycles. The van der Waals surface area contributed by atoms with Gasteiger partial charge in [-0.25, -0.2) is 0 Å². The maximum absolute atomic E-state index is 9.33. The van der Waals surface area contributed by atoms with Crippen molar-refractivity contribution < 1.29 is 5.11 Å². The van der Waals surface area contributed by atoms with Crippen LogP contribution in [0.2, 0.25) is 0 Å². The first-order chi connectivity index (χ1) is 7.29. The molecule has 1 aromatic heterocycles. The number of fused-ring (bicyclic) bond motifs is 1. The summed E-state index contributed by atoms with van der Waals surface area (Å²) in [5.41, 5.74) is 1.13. The molecular formula is C11H13BrN2O. The van der Waals surface area contributed by atoms with E-state index < -0.39 is 0 Å². The smallest absolute Gasteiger partial charge is 0.0635 e. The number of nitrogens with zero attached hydrogens (tertiary/aromatic N) is 2. The number of hydrogen-bond donors (Lipinski definition) is 1. The highest BCUT2D eigenvalue weighted by Crippen LogP contribution is 2.49. The number of piperidine rings is 1. The fourth-order valence-electron chi connectivity index (χ4n) is 2.67. The zero-order chi connectivity index (χ0) is 10.4. The summed E-state index contributed by atoms with van der Waals surface area (Å²) in [5.74, 6) is 0.807. The minimum atomic E-state index is 0.250. The van der Waals surface area contributed by atoms with Crippen LogP contribution in [0.3, 0.4) is 0 Å². The van der Waals surface area contributed by atoms with Gasteiger partial charge < -0.3 is 10.0 Å². The summed E-state index contributed by atoms with van der Waals surface area (Å²) in [6, 6.07) is 3.03. The number of rotatable bonds is 2. The molecule has 3 nitrogen and oxygen atoms in total. The van der Waals surface area contributed by atoms with Crippen molar-refractivity contribution in [1.82, 2.24) is 4.98 Å². The van der Waals surface area contributed by atoms with Gasteiger partial charge in [0.15, 0.2) is 0 Å². The molecule has 15 heavy (non-hydrogen) atoms. The quantitative estimate of drug-likeness (QED) is 0.889. The van der Waals surface area contributed by atoms with E-state index in [1.165, 1.54) is 6.42 Å². The number of aliphatic hydroxyl groups is 1. The molecule has 0 amide bonds. The molecule has 2 aliphatic rings. The predicted octanol–water partition coefficient (Wildman–Crippen LogP) is 1.80. The van der Waals surface area contributed by atoms with Gasteiger partial charge >= 0.3 is 0 Å². The summed E-state index contributed by atoms with van der Waals surface area (Å²) in [6.45, 7) is 0.250. The van der Waals surface area contributed by atoms with E-state index in [0.29, 0.717) is 12.1 Å². The molecule has 3 atom stereocenters. The second kappa shape index (κ2) is 3.46. The van der Waals surface area contributed by atoms with E-state index in [1.807, 2.05) is 6.20 Å². The van der Waals surface area contributed by atoms with Crippen molar-refractivity contribution in [3.63, 3.8) is 0 Å². The molecule has 4 heteroatoms. The second-order valence-corrected chi connectivity index (χ2v) is 5.32. The lowest BCUT2D eigenvalue weighted by Crippen LogP contribution is -2.35. The number of halogens is 1. The molecule has 1 aliphatic heterocycles. The van der Waals surface area contributed by atoms with Gasteiger partial charge in [-0.2, -0.15) is 0 Å². The highest BCUT2D eigenvalue weighted by atomic mass is 79.9. The average Bonchev–Trinajstić information content (AvgIpc) is 2.89. The summed E-state index contributed by atoms with van der Waals surface area (Å²) >= 11 is 3.43. The monoisotopic (exact) mass is 268 g/mol. The topological polar surface area (TPSA) is 36.4 Å². The first-order valence-electron chi connectivity index (χ1n) is 5.29. The van der Waals surface area contributed by atoms with Crippen molar-refractivity contribution in [2.75, 3.05) is 11.5 Å². The molecule has 1 saturated heterocycles. The molecule has 0 aromatic carbocycles. The van der Waals surface area contributed by atoms with E-state index in [4.69, 9.17) is 0 Å². The van der Waals surface area contributed by atoms with E-state index in [0.717, 1.165) is 22.5 Å². The van der Waals surface area contributed by atoms with Gasteiger partial charge in [0.2, 0.25) is 0 Å². The lowest BCUT2D eigenvalue weighted by atomic mass is 10.2. The molecule has 1 N–H and O–H groups in total. The third-order valence-corrected chi connectivity index (χ3v) is 3.84. The van der Waals surface area contributed by atoms with Crippen molar-refractivity contribution in [1.29, 1.82) is 0 Å². The Bertz CT molecular complexity index is 385. The molecular weight excluding hydrogens is 256 g/mol. The van der Waals surface area contributed by atoms with Gasteiger partial charge in [0, 0.05) is 16.7 Å². The molecule has 2 fully saturated rings. The number of pyridine rings is 1. The standard InChI is InChI=1S/C11H13BrN2O/c12-8-3-9(5-13-4-8)14-10(6-15)1-7-2-11(7)14/h3-5,7,10-11,15H,1-2,6H2. The van der Waals surface area contributed by atoms with Crippen LogP contribution in [0.5, 0.6) is 0 Å². The normalized spacial score (nSPS) is 32.9. The van der Waals surface area contributed by atoms with Crippen molar-refractivity contribution in [2.24, 2.45) is 5.92 Å². The van der Waals surface area contributed by atoms with Gasteiger partial charge in [0.1, 0.15) is 0 Å². The molecule has 0 spiro atoms. The fraction of sp³-hybridized carbons (Fsp3) is 0.545. The Kier molecular flexibility index (Phi) is 2.21.